The Hall–Kier alpha value is -1.75. The first-order valence-corrected chi connectivity index (χ1v) is 6.25. The molecule has 2 rings (SSSR count). The van der Waals surface area contributed by atoms with E-state index in [9.17, 15) is 4.79 Å². The minimum absolute atomic E-state index is 0.262. The van der Waals surface area contributed by atoms with Crippen LogP contribution in [0.3, 0.4) is 0 Å². The summed E-state index contributed by atoms with van der Waals surface area (Å²) in [4.78, 5) is 10.8. The van der Waals surface area contributed by atoms with Gasteiger partial charge in [-0.2, -0.15) is 0 Å². The van der Waals surface area contributed by atoms with E-state index >= 15 is 0 Å². The van der Waals surface area contributed by atoms with Gasteiger partial charge in [0.15, 0.2) is 0 Å². The SMILES string of the molecule is O=C(O)c1ccc(NCCc2ccco2)c(Br)c1. The summed E-state index contributed by atoms with van der Waals surface area (Å²) in [6.45, 7) is 0.721. The molecule has 0 atom stereocenters. The van der Waals surface area contributed by atoms with Crippen LogP contribution in [0, 0.1) is 0 Å². The number of carboxylic acids is 1. The summed E-state index contributed by atoms with van der Waals surface area (Å²) >= 11 is 3.35. The maximum Gasteiger partial charge on any atom is 0.335 e. The standard InChI is InChI=1S/C13H12BrNO3/c14-11-8-9(13(16)17)3-4-12(11)15-6-5-10-2-1-7-18-10/h1-4,7-8,15H,5-6H2,(H,16,17). The van der Waals surface area contributed by atoms with Crippen LogP contribution < -0.4 is 5.32 Å². The molecule has 0 aliphatic heterocycles. The number of rotatable bonds is 5. The van der Waals surface area contributed by atoms with E-state index in [0.717, 1.165) is 28.9 Å². The third kappa shape index (κ3) is 3.13. The fourth-order valence-corrected chi connectivity index (χ4v) is 2.09. The highest BCUT2D eigenvalue weighted by molar-refractivity contribution is 9.10. The predicted molar refractivity (Wildman–Crippen MR) is 72.0 cm³/mol. The predicted octanol–water partition coefficient (Wildman–Crippen LogP) is 3.39. The average molecular weight is 310 g/mol. The van der Waals surface area contributed by atoms with Gasteiger partial charge in [0.1, 0.15) is 5.76 Å². The van der Waals surface area contributed by atoms with Gasteiger partial charge in [0, 0.05) is 23.1 Å². The Kier molecular flexibility index (Phi) is 4.04. The third-order valence-corrected chi connectivity index (χ3v) is 3.14. The van der Waals surface area contributed by atoms with Crippen molar-refractivity contribution >= 4 is 27.6 Å². The number of carboxylic acid groups (broad SMARTS) is 1. The van der Waals surface area contributed by atoms with Gasteiger partial charge in [-0.05, 0) is 46.3 Å². The van der Waals surface area contributed by atoms with Gasteiger partial charge in [0.05, 0.1) is 11.8 Å². The molecule has 1 heterocycles. The second kappa shape index (κ2) is 5.73. The lowest BCUT2D eigenvalue weighted by atomic mass is 10.2. The summed E-state index contributed by atoms with van der Waals surface area (Å²) in [5, 5.41) is 12.1. The normalized spacial score (nSPS) is 10.3. The molecule has 0 saturated heterocycles. The number of aromatic carboxylic acids is 1. The number of halogens is 1. The van der Waals surface area contributed by atoms with Gasteiger partial charge in [-0.3, -0.25) is 0 Å². The topological polar surface area (TPSA) is 62.5 Å². The second-order valence-electron chi connectivity index (χ2n) is 3.76. The molecule has 0 aliphatic carbocycles. The van der Waals surface area contributed by atoms with Crippen LogP contribution >= 0.6 is 15.9 Å². The quantitative estimate of drug-likeness (QED) is 0.888. The molecule has 1 aromatic carbocycles. The molecule has 0 bridgehead atoms. The summed E-state index contributed by atoms with van der Waals surface area (Å²) in [6.07, 6.45) is 2.42. The van der Waals surface area contributed by atoms with Gasteiger partial charge in [-0.25, -0.2) is 4.79 Å². The number of hydrogen-bond donors (Lipinski definition) is 2. The Morgan fingerprint density at radius 2 is 2.22 bits per heavy atom. The maximum atomic E-state index is 10.8. The van der Waals surface area contributed by atoms with Crippen molar-refractivity contribution in [3.8, 4) is 0 Å². The minimum Gasteiger partial charge on any atom is -0.478 e. The Balaban J connectivity index is 1.95. The van der Waals surface area contributed by atoms with Gasteiger partial charge >= 0.3 is 5.97 Å². The van der Waals surface area contributed by atoms with E-state index in [1.807, 2.05) is 12.1 Å². The van der Waals surface area contributed by atoms with E-state index in [-0.39, 0.29) is 5.56 Å². The van der Waals surface area contributed by atoms with Crippen LogP contribution in [0.15, 0.2) is 45.5 Å². The molecule has 0 saturated carbocycles. The van der Waals surface area contributed by atoms with E-state index in [1.165, 1.54) is 0 Å². The molecule has 0 fully saturated rings. The molecule has 1 aromatic heterocycles. The van der Waals surface area contributed by atoms with Crippen LogP contribution in [0.1, 0.15) is 16.1 Å². The highest BCUT2D eigenvalue weighted by Crippen LogP contribution is 2.23. The fraction of sp³-hybridized carbons (Fsp3) is 0.154. The number of carbonyl (C=O) groups is 1. The summed E-state index contributed by atoms with van der Waals surface area (Å²) in [7, 11) is 0. The zero-order valence-electron chi connectivity index (χ0n) is 9.52. The monoisotopic (exact) mass is 309 g/mol. The van der Waals surface area contributed by atoms with Crippen LogP contribution in [0.25, 0.3) is 0 Å². The molecule has 0 spiro atoms. The van der Waals surface area contributed by atoms with Crippen molar-refractivity contribution in [3.05, 3.63) is 52.4 Å². The molecular weight excluding hydrogens is 298 g/mol. The molecule has 2 aromatic rings. The number of benzene rings is 1. The highest BCUT2D eigenvalue weighted by Gasteiger charge is 2.06. The zero-order chi connectivity index (χ0) is 13.0. The smallest absolute Gasteiger partial charge is 0.335 e. The first-order valence-electron chi connectivity index (χ1n) is 5.46. The van der Waals surface area contributed by atoms with Crippen molar-refractivity contribution < 1.29 is 14.3 Å². The molecule has 94 valence electrons. The highest BCUT2D eigenvalue weighted by atomic mass is 79.9. The Morgan fingerprint density at radius 1 is 1.39 bits per heavy atom. The van der Waals surface area contributed by atoms with Gasteiger partial charge in [0.25, 0.3) is 0 Å². The van der Waals surface area contributed by atoms with Gasteiger partial charge in [-0.1, -0.05) is 0 Å². The molecule has 0 aliphatic rings. The van der Waals surface area contributed by atoms with E-state index < -0.39 is 5.97 Å². The molecule has 4 nitrogen and oxygen atoms in total. The lowest BCUT2D eigenvalue weighted by molar-refractivity contribution is 0.0697. The largest absolute Gasteiger partial charge is 0.478 e. The Labute approximate surface area is 113 Å². The van der Waals surface area contributed by atoms with Gasteiger partial charge in [0.2, 0.25) is 0 Å². The van der Waals surface area contributed by atoms with Crippen LogP contribution in [-0.4, -0.2) is 17.6 Å². The van der Waals surface area contributed by atoms with E-state index in [2.05, 4.69) is 21.2 Å². The van der Waals surface area contributed by atoms with Gasteiger partial charge < -0.3 is 14.8 Å². The van der Waals surface area contributed by atoms with Crippen molar-refractivity contribution in [2.75, 3.05) is 11.9 Å². The van der Waals surface area contributed by atoms with Gasteiger partial charge in [-0.15, -0.1) is 0 Å². The third-order valence-electron chi connectivity index (χ3n) is 2.48. The van der Waals surface area contributed by atoms with E-state index in [4.69, 9.17) is 9.52 Å². The first-order chi connectivity index (χ1) is 8.66. The van der Waals surface area contributed by atoms with Crippen LogP contribution in [0.4, 0.5) is 5.69 Å². The van der Waals surface area contributed by atoms with Crippen molar-refractivity contribution in [1.29, 1.82) is 0 Å². The van der Waals surface area contributed by atoms with Crippen molar-refractivity contribution in [1.82, 2.24) is 0 Å². The summed E-state index contributed by atoms with van der Waals surface area (Å²) in [5.74, 6) is -0.0152. The molecule has 2 N–H and O–H groups in total. The lowest BCUT2D eigenvalue weighted by Crippen LogP contribution is -2.05. The second-order valence-corrected chi connectivity index (χ2v) is 4.61. The van der Waals surface area contributed by atoms with Crippen LogP contribution in [0.5, 0.6) is 0 Å². The zero-order valence-corrected chi connectivity index (χ0v) is 11.1. The number of anilines is 1. The van der Waals surface area contributed by atoms with Crippen molar-refractivity contribution in [2.24, 2.45) is 0 Å². The molecule has 0 radical (unpaired) electrons. The first kappa shape index (κ1) is 12.7. The summed E-state index contributed by atoms with van der Waals surface area (Å²) in [6, 6.07) is 8.67. The van der Waals surface area contributed by atoms with E-state index in [1.54, 1.807) is 24.5 Å². The lowest BCUT2D eigenvalue weighted by Gasteiger charge is -2.08. The minimum atomic E-state index is -0.933. The summed E-state index contributed by atoms with van der Waals surface area (Å²) in [5.41, 5.74) is 1.13. The molecular formula is C13H12BrNO3. The number of furan rings is 1. The van der Waals surface area contributed by atoms with Crippen molar-refractivity contribution in [3.63, 3.8) is 0 Å². The summed E-state index contributed by atoms with van der Waals surface area (Å²) < 4.78 is 5.96. The molecule has 18 heavy (non-hydrogen) atoms. The molecule has 0 amide bonds. The Bertz CT molecular complexity index is 537. The van der Waals surface area contributed by atoms with Crippen LogP contribution in [0.2, 0.25) is 0 Å². The van der Waals surface area contributed by atoms with Crippen molar-refractivity contribution in [2.45, 2.75) is 6.42 Å². The van der Waals surface area contributed by atoms with E-state index in [0.29, 0.717) is 0 Å². The average Bonchev–Trinajstić information content (AvgIpc) is 2.84. The number of hydrogen-bond acceptors (Lipinski definition) is 3. The van der Waals surface area contributed by atoms with Crippen LogP contribution in [-0.2, 0) is 6.42 Å². The molecule has 0 unspecified atom stereocenters. The Morgan fingerprint density at radius 3 is 2.83 bits per heavy atom. The number of nitrogens with one attached hydrogen (secondary N) is 1. The maximum absolute atomic E-state index is 10.8. The molecule has 5 heteroatoms. The fourth-order valence-electron chi connectivity index (χ4n) is 1.57.